The van der Waals surface area contributed by atoms with Crippen molar-refractivity contribution in [1.29, 1.82) is 0 Å². The molecule has 186 valence electrons. The van der Waals surface area contributed by atoms with Crippen molar-refractivity contribution in [3.8, 4) is 17.2 Å². The quantitative estimate of drug-likeness (QED) is 0.156. The van der Waals surface area contributed by atoms with Crippen LogP contribution in [0.15, 0.2) is 79.1 Å². The van der Waals surface area contributed by atoms with Crippen molar-refractivity contribution in [1.82, 2.24) is 0 Å². The average molecular weight is 489 g/mol. The van der Waals surface area contributed by atoms with E-state index in [1.165, 1.54) is 26.6 Å². The van der Waals surface area contributed by atoms with E-state index in [-0.39, 0.29) is 12.4 Å². The van der Waals surface area contributed by atoms with Gasteiger partial charge in [-0.05, 0) is 59.2 Å². The van der Waals surface area contributed by atoms with Gasteiger partial charge >= 0.3 is 5.97 Å². The summed E-state index contributed by atoms with van der Waals surface area (Å²) in [5.41, 5.74) is 3.06. The highest BCUT2D eigenvalue weighted by atomic mass is 16.5. The molecule has 0 unspecified atom stereocenters. The lowest BCUT2D eigenvalue weighted by Crippen LogP contribution is -2.08. The second-order valence-electron chi connectivity index (χ2n) is 7.54. The number of rotatable bonds is 11. The van der Waals surface area contributed by atoms with E-state index < -0.39 is 5.97 Å². The van der Waals surface area contributed by atoms with Gasteiger partial charge in [-0.2, -0.15) is 0 Å². The molecule has 7 nitrogen and oxygen atoms in total. The molecule has 0 saturated carbocycles. The van der Waals surface area contributed by atoms with Crippen molar-refractivity contribution >= 4 is 23.4 Å². The summed E-state index contributed by atoms with van der Waals surface area (Å²) in [6.07, 6.45) is 4.57. The molecule has 3 aromatic rings. The molecule has 3 rings (SSSR count). The Balaban J connectivity index is 1.68. The number of allylic oxidation sites excluding steroid dienone is 1. The Labute approximate surface area is 210 Å². The fraction of sp³-hybridized carbons (Fsp3) is 0.172. The Morgan fingerprint density at radius 2 is 1.56 bits per heavy atom. The fourth-order valence-electron chi connectivity index (χ4n) is 3.46. The molecule has 0 bridgehead atoms. The minimum absolute atomic E-state index is 0.144. The number of hydrogen-bond donors (Lipinski definition) is 0. The van der Waals surface area contributed by atoms with E-state index >= 15 is 0 Å². The largest absolute Gasteiger partial charge is 0.503 e. The Kier molecular flexibility index (Phi) is 9.28. The second kappa shape index (κ2) is 12.8. The molecule has 0 spiro atoms. The predicted molar refractivity (Wildman–Crippen MR) is 137 cm³/mol. The van der Waals surface area contributed by atoms with Crippen LogP contribution < -0.4 is 14.2 Å². The normalized spacial score (nSPS) is 11.2. The van der Waals surface area contributed by atoms with Crippen LogP contribution in [0.4, 0.5) is 0 Å². The van der Waals surface area contributed by atoms with Gasteiger partial charge < -0.3 is 23.7 Å². The Bertz CT molecular complexity index is 1260. The van der Waals surface area contributed by atoms with E-state index in [0.29, 0.717) is 33.9 Å². The lowest BCUT2D eigenvalue weighted by atomic mass is 10.0. The summed E-state index contributed by atoms with van der Waals surface area (Å²) in [7, 11) is 5.92. The summed E-state index contributed by atoms with van der Waals surface area (Å²) in [4.78, 5) is 24.8. The minimum atomic E-state index is -0.506. The summed E-state index contributed by atoms with van der Waals surface area (Å²) >= 11 is 0. The maximum atomic E-state index is 12.6. The van der Waals surface area contributed by atoms with E-state index in [1.807, 2.05) is 24.3 Å². The molecule has 0 aliphatic carbocycles. The van der Waals surface area contributed by atoms with Crippen molar-refractivity contribution in [2.45, 2.75) is 6.61 Å². The van der Waals surface area contributed by atoms with Gasteiger partial charge in [-0.25, -0.2) is 4.79 Å². The Morgan fingerprint density at radius 1 is 0.833 bits per heavy atom. The number of ketones is 1. The van der Waals surface area contributed by atoms with Crippen LogP contribution >= 0.6 is 0 Å². The van der Waals surface area contributed by atoms with Crippen molar-refractivity contribution in [2.24, 2.45) is 0 Å². The van der Waals surface area contributed by atoms with Crippen LogP contribution in [0.5, 0.6) is 17.2 Å². The van der Waals surface area contributed by atoms with Gasteiger partial charge in [-0.1, -0.05) is 36.4 Å². The zero-order chi connectivity index (χ0) is 25.9. The van der Waals surface area contributed by atoms with Crippen molar-refractivity contribution < 1.29 is 33.3 Å². The topological polar surface area (TPSA) is 80.3 Å². The van der Waals surface area contributed by atoms with Gasteiger partial charge in [0.05, 0.1) is 34.7 Å². The van der Waals surface area contributed by atoms with Gasteiger partial charge in [0.25, 0.3) is 0 Å². The average Bonchev–Trinajstić information content (AvgIpc) is 2.93. The smallest absolute Gasteiger partial charge is 0.341 e. The molecule has 3 aromatic carbocycles. The van der Waals surface area contributed by atoms with E-state index in [4.69, 9.17) is 23.7 Å². The molecule has 0 amide bonds. The number of carbonyl (C=O) groups excluding carboxylic acids is 2. The number of ether oxygens (including phenoxy) is 5. The number of benzene rings is 3. The summed E-state index contributed by atoms with van der Waals surface area (Å²) in [6.45, 7) is 0.209. The molecule has 0 radical (unpaired) electrons. The first-order valence-electron chi connectivity index (χ1n) is 11.1. The third-order valence-corrected chi connectivity index (χ3v) is 5.32. The number of methoxy groups -OCH3 is 4. The fourth-order valence-corrected chi connectivity index (χ4v) is 3.46. The van der Waals surface area contributed by atoms with Crippen LogP contribution in [0, 0.1) is 0 Å². The van der Waals surface area contributed by atoms with Gasteiger partial charge in [0, 0.05) is 5.56 Å². The molecule has 0 aromatic heterocycles. The van der Waals surface area contributed by atoms with Crippen LogP contribution in [0.2, 0.25) is 0 Å². The number of hydrogen-bond acceptors (Lipinski definition) is 7. The maximum absolute atomic E-state index is 12.6. The van der Waals surface area contributed by atoms with E-state index in [1.54, 1.807) is 62.8 Å². The lowest BCUT2D eigenvalue weighted by Gasteiger charge is -2.13. The maximum Gasteiger partial charge on any atom is 0.341 e. The standard InChI is InChI=1S/C29H28O7/c1-32-19-25(29(31)35-4)24-8-6-5-7-22(24)18-36-23-13-11-21(12-14-23)26(30)15-9-20-10-16-27(33-2)28(17-20)34-3/h5-17,19H,18H2,1-4H3/b15-9+,25-19+. The minimum Gasteiger partial charge on any atom is -0.503 e. The van der Waals surface area contributed by atoms with Crippen LogP contribution in [0.1, 0.15) is 27.0 Å². The van der Waals surface area contributed by atoms with Gasteiger partial charge in [0.2, 0.25) is 0 Å². The SMILES string of the molecule is CO/C=C(/C(=O)OC)c1ccccc1COc1ccc(C(=O)/C=C/c2ccc(OC)c(OC)c2)cc1. The first kappa shape index (κ1) is 26.1. The molecule has 0 aliphatic heterocycles. The van der Waals surface area contributed by atoms with Gasteiger partial charge in [-0.3, -0.25) is 4.79 Å². The van der Waals surface area contributed by atoms with Crippen molar-refractivity contribution in [2.75, 3.05) is 28.4 Å². The zero-order valence-electron chi connectivity index (χ0n) is 20.6. The predicted octanol–water partition coefficient (Wildman–Crippen LogP) is 5.34. The summed E-state index contributed by atoms with van der Waals surface area (Å²) in [6, 6.07) is 19.6. The summed E-state index contributed by atoms with van der Waals surface area (Å²) in [5.74, 6) is 1.14. The van der Waals surface area contributed by atoms with Crippen molar-refractivity contribution in [3.05, 3.63) is 101 Å². The third-order valence-electron chi connectivity index (χ3n) is 5.32. The molecule has 0 atom stereocenters. The zero-order valence-corrected chi connectivity index (χ0v) is 20.6. The monoisotopic (exact) mass is 488 g/mol. The molecular formula is C29H28O7. The molecular weight excluding hydrogens is 460 g/mol. The first-order chi connectivity index (χ1) is 17.5. The summed E-state index contributed by atoms with van der Waals surface area (Å²) in [5, 5.41) is 0. The number of carbonyl (C=O) groups is 2. The highest BCUT2D eigenvalue weighted by Gasteiger charge is 2.17. The third kappa shape index (κ3) is 6.54. The van der Waals surface area contributed by atoms with Gasteiger partial charge in [0.1, 0.15) is 17.9 Å². The highest BCUT2D eigenvalue weighted by molar-refractivity contribution is 6.16. The van der Waals surface area contributed by atoms with Crippen molar-refractivity contribution in [3.63, 3.8) is 0 Å². The summed E-state index contributed by atoms with van der Waals surface area (Å²) < 4.78 is 26.4. The molecule has 0 aliphatic rings. The molecule has 0 saturated heterocycles. The van der Waals surface area contributed by atoms with Gasteiger partial charge in [0.15, 0.2) is 17.3 Å². The number of esters is 1. The van der Waals surface area contributed by atoms with Crippen LogP contribution in [-0.4, -0.2) is 40.2 Å². The molecule has 0 heterocycles. The van der Waals surface area contributed by atoms with E-state index in [2.05, 4.69) is 0 Å². The lowest BCUT2D eigenvalue weighted by molar-refractivity contribution is -0.133. The van der Waals surface area contributed by atoms with E-state index in [9.17, 15) is 9.59 Å². The second-order valence-corrected chi connectivity index (χ2v) is 7.54. The molecule has 36 heavy (non-hydrogen) atoms. The first-order valence-corrected chi connectivity index (χ1v) is 11.1. The molecule has 0 fully saturated rings. The highest BCUT2D eigenvalue weighted by Crippen LogP contribution is 2.28. The van der Waals surface area contributed by atoms with E-state index in [0.717, 1.165) is 11.1 Å². The Morgan fingerprint density at radius 3 is 2.22 bits per heavy atom. The van der Waals surface area contributed by atoms with Gasteiger partial charge in [-0.15, -0.1) is 0 Å². The van der Waals surface area contributed by atoms with Crippen LogP contribution in [0.3, 0.4) is 0 Å². The Hall–Kier alpha value is -4.52. The molecule has 7 heteroatoms. The molecule has 0 N–H and O–H groups in total. The van der Waals surface area contributed by atoms with Crippen LogP contribution in [-0.2, 0) is 20.9 Å². The van der Waals surface area contributed by atoms with Crippen LogP contribution in [0.25, 0.3) is 11.6 Å².